The zero-order valence-corrected chi connectivity index (χ0v) is 12.6. The largest absolute Gasteiger partial charge is 0.395 e. The van der Waals surface area contributed by atoms with E-state index in [0.29, 0.717) is 0 Å². The van der Waals surface area contributed by atoms with Gasteiger partial charge in [0.1, 0.15) is 0 Å². The molecule has 0 fully saturated rings. The Morgan fingerprint density at radius 3 is 2.60 bits per heavy atom. The molecule has 2 N–H and O–H groups in total. The van der Waals surface area contributed by atoms with Crippen molar-refractivity contribution in [1.82, 2.24) is 10.2 Å². The fraction of sp³-hybridized carbons (Fsp3) is 0.615. The summed E-state index contributed by atoms with van der Waals surface area (Å²) in [5.41, 5.74) is 0.988. The minimum absolute atomic E-state index is 0.107. The number of carbonyl (C=O) groups excluding carboxylic acids is 1. The van der Waals surface area contributed by atoms with Crippen LogP contribution in [0.15, 0.2) is 6.07 Å². The maximum atomic E-state index is 12.4. The van der Waals surface area contributed by atoms with E-state index >= 15 is 0 Å². The van der Waals surface area contributed by atoms with Crippen LogP contribution in [0.5, 0.6) is 0 Å². The average molecular weight is 306 g/mol. The van der Waals surface area contributed by atoms with Crippen molar-refractivity contribution in [2.45, 2.75) is 33.2 Å². The van der Waals surface area contributed by atoms with E-state index in [4.69, 9.17) is 5.11 Å². The number of alkyl halides is 2. The monoisotopic (exact) mass is 306 g/mol. The van der Waals surface area contributed by atoms with Gasteiger partial charge in [0.15, 0.2) is 0 Å². The molecule has 1 atom stereocenters. The van der Waals surface area contributed by atoms with Crippen LogP contribution in [0.4, 0.5) is 13.6 Å². The average Bonchev–Trinajstić information content (AvgIpc) is 2.67. The topological polar surface area (TPSA) is 52.6 Å². The summed E-state index contributed by atoms with van der Waals surface area (Å²) >= 11 is 1.63. The number of halogens is 2. The second kappa shape index (κ2) is 7.54. The Balaban J connectivity index is 2.69. The Kier molecular flexibility index (Phi) is 6.35. The van der Waals surface area contributed by atoms with E-state index in [0.717, 1.165) is 20.2 Å². The SMILES string of the molecule is Cc1cc([C@@H](C)NC(=O)N(CCO)CC(F)F)c(C)s1. The van der Waals surface area contributed by atoms with Gasteiger partial charge in [-0.05, 0) is 32.4 Å². The van der Waals surface area contributed by atoms with Gasteiger partial charge in [0.05, 0.1) is 19.2 Å². The summed E-state index contributed by atoms with van der Waals surface area (Å²) in [5, 5.41) is 11.5. The molecule has 0 bridgehead atoms. The highest BCUT2D eigenvalue weighted by molar-refractivity contribution is 7.12. The van der Waals surface area contributed by atoms with Gasteiger partial charge in [-0.1, -0.05) is 0 Å². The van der Waals surface area contributed by atoms with Gasteiger partial charge < -0.3 is 15.3 Å². The van der Waals surface area contributed by atoms with E-state index in [1.165, 1.54) is 0 Å². The molecule has 1 rings (SSSR count). The van der Waals surface area contributed by atoms with Crippen LogP contribution in [-0.2, 0) is 0 Å². The maximum absolute atomic E-state index is 12.4. The van der Waals surface area contributed by atoms with Crippen molar-refractivity contribution < 1.29 is 18.7 Å². The molecule has 0 aliphatic carbocycles. The summed E-state index contributed by atoms with van der Waals surface area (Å²) < 4.78 is 24.8. The molecule has 0 unspecified atom stereocenters. The minimum atomic E-state index is -2.62. The number of rotatable bonds is 6. The third-order valence-corrected chi connectivity index (χ3v) is 3.88. The van der Waals surface area contributed by atoms with Gasteiger partial charge in [-0.15, -0.1) is 11.3 Å². The lowest BCUT2D eigenvalue weighted by Crippen LogP contribution is -2.44. The number of aliphatic hydroxyl groups is 1. The Morgan fingerprint density at radius 1 is 1.50 bits per heavy atom. The lowest BCUT2D eigenvalue weighted by molar-refractivity contribution is 0.0895. The molecule has 0 radical (unpaired) electrons. The van der Waals surface area contributed by atoms with Crippen molar-refractivity contribution in [2.24, 2.45) is 0 Å². The molecule has 114 valence electrons. The second-order valence-corrected chi connectivity index (χ2v) is 6.06. The highest BCUT2D eigenvalue weighted by Crippen LogP contribution is 2.26. The number of thiophene rings is 1. The Labute approximate surface area is 121 Å². The van der Waals surface area contributed by atoms with Gasteiger partial charge in [0, 0.05) is 16.3 Å². The van der Waals surface area contributed by atoms with Gasteiger partial charge in [-0.2, -0.15) is 0 Å². The van der Waals surface area contributed by atoms with Crippen LogP contribution in [0.3, 0.4) is 0 Å². The van der Waals surface area contributed by atoms with Crippen LogP contribution >= 0.6 is 11.3 Å². The Morgan fingerprint density at radius 2 is 2.15 bits per heavy atom. The molecule has 0 aliphatic rings. The van der Waals surface area contributed by atoms with Crippen LogP contribution in [0.25, 0.3) is 0 Å². The molecule has 2 amide bonds. The maximum Gasteiger partial charge on any atom is 0.318 e. The van der Waals surface area contributed by atoms with Gasteiger partial charge >= 0.3 is 6.03 Å². The van der Waals surface area contributed by atoms with Crippen LogP contribution in [0, 0.1) is 13.8 Å². The fourth-order valence-electron chi connectivity index (χ4n) is 2.00. The van der Waals surface area contributed by atoms with Crippen molar-refractivity contribution in [2.75, 3.05) is 19.7 Å². The first-order valence-electron chi connectivity index (χ1n) is 6.36. The lowest BCUT2D eigenvalue weighted by Gasteiger charge is -2.24. The summed E-state index contributed by atoms with van der Waals surface area (Å²) in [4.78, 5) is 15.1. The number of nitrogens with zero attached hydrogens (tertiary/aromatic N) is 1. The molecular weight excluding hydrogens is 286 g/mol. The molecule has 1 heterocycles. The molecule has 0 saturated heterocycles. The number of urea groups is 1. The standard InChI is InChI=1S/C13H20F2N2O2S/c1-8-6-11(10(3)20-8)9(2)16-13(19)17(4-5-18)7-12(14)15/h6,9,12,18H,4-5,7H2,1-3H3,(H,16,19)/t9-/m1/s1. The van der Waals surface area contributed by atoms with E-state index < -0.39 is 19.0 Å². The van der Waals surface area contributed by atoms with Crippen LogP contribution in [0.1, 0.15) is 28.3 Å². The minimum Gasteiger partial charge on any atom is -0.395 e. The van der Waals surface area contributed by atoms with E-state index in [1.807, 2.05) is 26.8 Å². The van der Waals surface area contributed by atoms with Crippen molar-refractivity contribution in [3.8, 4) is 0 Å². The molecule has 0 spiro atoms. The zero-order chi connectivity index (χ0) is 15.3. The highest BCUT2D eigenvalue weighted by Gasteiger charge is 2.20. The normalized spacial score (nSPS) is 12.6. The third-order valence-electron chi connectivity index (χ3n) is 2.90. The first-order valence-corrected chi connectivity index (χ1v) is 7.18. The molecule has 0 aliphatic heterocycles. The van der Waals surface area contributed by atoms with E-state index in [1.54, 1.807) is 11.3 Å². The molecule has 0 aromatic carbocycles. The zero-order valence-electron chi connectivity index (χ0n) is 11.8. The molecule has 4 nitrogen and oxygen atoms in total. The van der Waals surface area contributed by atoms with Gasteiger partial charge in [0.25, 0.3) is 6.43 Å². The lowest BCUT2D eigenvalue weighted by atomic mass is 10.1. The smallest absolute Gasteiger partial charge is 0.318 e. The fourth-order valence-corrected chi connectivity index (χ4v) is 3.02. The number of amides is 2. The number of hydrogen-bond donors (Lipinski definition) is 2. The summed E-state index contributed by atoms with van der Waals surface area (Å²) in [6.45, 7) is 4.62. The van der Waals surface area contributed by atoms with Crippen molar-refractivity contribution in [1.29, 1.82) is 0 Å². The Bertz CT molecular complexity index is 452. The number of hydrogen-bond acceptors (Lipinski definition) is 3. The van der Waals surface area contributed by atoms with Gasteiger partial charge in [0.2, 0.25) is 0 Å². The van der Waals surface area contributed by atoms with Crippen LogP contribution < -0.4 is 5.32 Å². The third kappa shape index (κ3) is 4.72. The van der Waals surface area contributed by atoms with Gasteiger partial charge in [-0.25, -0.2) is 13.6 Å². The number of aryl methyl sites for hydroxylation is 2. The summed E-state index contributed by atoms with van der Waals surface area (Å²) in [6, 6.07) is 1.13. The van der Waals surface area contributed by atoms with Crippen molar-refractivity contribution >= 4 is 17.4 Å². The first-order chi connectivity index (χ1) is 9.35. The number of nitrogens with one attached hydrogen (secondary N) is 1. The Hall–Kier alpha value is -1.21. The molecule has 0 saturated carbocycles. The summed E-state index contributed by atoms with van der Waals surface area (Å²) in [5.74, 6) is 0. The molecular formula is C13H20F2N2O2S. The predicted molar refractivity (Wildman–Crippen MR) is 75.4 cm³/mol. The highest BCUT2D eigenvalue weighted by atomic mass is 32.1. The summed E-state index contributed by atoms with van der Waals surface area (Å²) in [7, 11) is 0. The van der Waals surface area contributed by atoms with E-state index in [-0.39, 0.29) is 19.2 Å². The molecule has 20 heavy (non-hydrogen) atoms. The number of aliphatic hydroxyl groups excluding tert-OH is 1. The van der Waals surface area contributed by atoms with Crippen molar-refractivity contribution in [3.63, 3.8) is 0 Å². The first kappa shape index (κ1) is 16.8. The molecule has 1 aromatic heterocycles. The van der Waals surface area contributed by atoms with E-state index in [9.17, 15) is 13.6 Å². The van der Waals surface area contributed by atoms with E-state index in [2.05, 4.69) is 5.32 Å². The van der Waals surface area contributed by atoms with Gasteiger partial charge in [-0.3, -0.25) is 0 Å². The molecule has 7 heteroatoms. The quantitative estimate of drug-likeness (QED) is 0.849. The van der Waals surface area contributed by atoms with Crippen molar-refractivity contribution in [3.05, 3.63) is 21.4 Å². The predicted octanol–water partition coefficient (Wildman–Crippen LogP) is 2.69. The second-order valence-electron chi connectivity index (χ2n) is 4.60. The van der Waals surface area contributed by atoms with Crippen LogP contribution in [0.2, 0.25) is 0 Å². The molecule has 1 aromatic rings. The summed E-state index contributed by atoms with van der Waals surface area (Å²) in [6.07, 6.45) is -2.62. The number of carbonyl (C=O) groups is 1. The van der Waals surface area contributed by atoms with Crippen LogP contribution in [-0.4, -0.2) is 42.2 Å².